The lowest BCUT2D eigenvalue weighted by Crippen LogP contribution is -1.97. The maximum atomic E-state index is 11.0. The molecule has 5 aromatic rings. The first-order valence-corrected chi connectivity index (χ1v) is 12.9. The van der Waals surface area contributed by atoms with E-state index in [0.29, 0.717) is 22.1 Å². The molecular formula is C28H24N4O4S. The molecule has 0 radical (unpaired) electrons. The van der Waals surface area contributed by atoms with Crippen LogP contribution in [-0.4, -0.2) is 18.8 Å². The molecule has 0 unspecified atom stereocenters. The molecule has 4 N–H and O–H groups in total. The van der Waals surface area contributed by atoms with Crippen molar-refractivity contribution in [1.82, 2.24) is 0 Å². The first kappa shape index (κ1) is 24.5. The van der Waals surface area contributed by atoms with Crippen molar-refractivity contribution in [2.75, 3.05) is 0 Å². The number of rotatable bonds is 5. The lowest BCUT2D eigenvalue weighted by atomic mass is 10.0. The van der Waals surface area contributed by atoms with E-state index in [1.165, 1.54) is 6.07 Å². The van der Waals surface area contributed by atoms with Gasteiger partial charge in [0, 0.05) is 16.2 Å². The summed E-state index contributed by atoms with van der Waals surface area (Å²) >= 11 is 0. The molecular weight excluding hydrogens is 488 g/mol. The van der Waals surface area contributed by atoms with E-state index in [1.54, 1.807) is 24.3 Å². The predicted octanol–water partition coefficient (Wildman–Crippen LogP) is 9.73. The molecule has 0 aliphatic heterocycles. The summed E-state index contributed by atoms with van der Waals surface area (Å²) in [4.78, 5) is -0.307. The summed E-state index contributed by atoms with van der Waals surface area (Å²) in [6.45, 7) is 3.83. The fraction of sp³-hybridized carbons (Fsp3) is 0.0714. The van der Waals surface area contributed by atoms with Gasteiger partial charge in [0.25, 0.3) is 0 Å². The van der Waals surface area contributed by atoms with Crippen LogP contribution in [0.25, 0.3) is 21.5 Å². The van der Waals surface area contributed by atoms with Crippen LogP contribution < -0.4 is 0 Å². The van der Waals surface area contributed by atoms with Gasteiger partial charge in [0.15, 0.2) is 5.75 Å². The Bertz CT molecular complexity index is 1700. The summed E-state index contributed by atoms with van der Waals surface area (Å²) < 4.78 is 30.2. The van der Waals surface area contributed by atoms with E-state index in [4.69, 9.17) is 0 Å². The number of hydrogen-bond acceptors (Lipinski definition) is 8. The Morgan fingerprint density at radius 1 is 0.595 bits per heavy atom. The number of aryl methyl sites for hydroxylation is 2. The third-order valence-corrected chi connectivity index (χ3v) is 6.82. The number of fused-ring (bicyclic) bond motifs is 2. The Kier molecular flexibility index (Phi) is 6.45. The number of aromatic hydroxyl groups is 1. The van der Waals surface area contributed by atoms with Crippen LogP contribution in [0.15, 0.2) is 110 Å². The summed E-state index contributed by atoms with van der Waals surface area (Å²) in [7, 11) is -4.19. The van der Waals surface area contributed by atoms with Crippen molar-refractivity contribution >= 4 is 55.2 Å². The number of phenols is 1. The fourth-order valence-corrected chi connectivity index (χ4v) is 4.76. The molecule has 186 valence electrons. The average Bonchev–Trinajstić information content (AvgIpc) is 2.87. The van der Waals surface area contributed by atoms with Crippen LogP contribution in [0.4, 0.5) is 22.7 Å². The van der Waals surface area contributed by atoms with E-state index in [1.807, 2.05) is 68.4 Å². The van der Waals surface area contributed by atoms with Crippen LogP contribution in [0.2, 0.25) is 0 Å². The van der Waals surface area contributed by atoms with Crippen molar-refractivity contribution in [3.63, 3.8) is 0 Å². The zero-order valence-corrected chi connectivity index (χ0v) is 20.9. The minimum Gasteiger partial charge on any atom is -0.505 e. The van der Waals surface area contributed by atoms with E-state index in [0.717, 1.165) is 27.6 Å². The van der Waals surface area contributed by atoms with Gasteiger partial charge in [0.2, 0.25) is 0 Å². The minimum atomic E-state index is -4.19. The normalized spacial score (nSPS) is 12.8. The van der Waals surface area contributed by atoms with Gasteiger partial charge in [-0.3, -0.25) is 0 Å². The molecule has 37 heavy (non-hydrogen) atoms. The monoisotopic (exact) mass is 512 g/mol. The van der Waals surface area contributed by atoms with Gasteiger partial charge >= 0.3 is 0 Å². The van der Waals surface area contributed by atoms with Gasteiger partial charge in [0.1, 0.15) is 16.6 Å². The number of nitrogens with zero attached hydrogens (tertiary/aromatic N) is 4. The molecule has 0 fully saturated rings. The maximum absolute atomic E-state index is 11.0. The van der Waals surface area contributed by atoms with Crippen LogP contribution in [0.5, 0.6) is 5.75 Å². The first-order valence-electron chi connectivity index (χ1n) is 11.4. The van der Waals surface area contributed by atoms with Gasteiger partial charge in [-0.15, -0.1) is 15.3 Å². The molecule has 9 heteroatoms. The second kappa shape index (κ2) is 9.72. The molecule has 5 rings (SSSR count). The summed E-state index contributed by atoms with van der Waals surface area (Å²) in [5.41, 5.74) is 3.53. The second-order valence-corrected chi connectivity index (χ2v) is 10.2. The van der Waals surface area contributed by atoms with E-state index in [9.17, 15) is 18.8 Å². The first-order chi connectivity index (χ1) is 17.7. The molecule has 0 spiro atoms. The van der Waals surface area contributed by atoms with Gasteiger partial charge in [-0.25, -0.2) is 0 Å². The Hall–Kier alpha value is -4.15. The van der Waals surface area contributed by atoms with Crippen molar-refractivity contribution in [2.45, 2.75) is 18.7 Å². The highest BCUT2D eigenvalue weighted by atomic mass is 32.3. The molecule has 8 nitrogen and oxygen atoms in total. The Morgan fingerprint density at radius 2 is 1.22 bits per heavy atom. The summed E-state index contributed by atoms with van der Waals surface area (Å²) in [5.74, 6) is -0.303. The topological polar surface area (TPSA) is 130 Å². The van der Waals surface area contributed by atoms with Crippen molar-refractivity contribution in [1.29, 1.82) is 0 Å². The average molecular weight is 513 g/mol. The Labute approximate surface area is 214 Å². The third-order valence-electron chi connectivity index (χ3n) is 5.92. The van der Waals surface area contributed by atoms with Crippen molar-refractivity contribution in [2.24, 2.45) is 20.5 Å². The third kappa shape index (κ3) is 5.07. The quantitative estimate of drug-likeness (QED) is 0.175. The number of azo groups is 2. The van der Waals surface area contributed by atoms with Crippen LogP contribution in [0, 0.1) is 13.8 Å². The van der Waals surface area contributed by atoms with E-state index < -0.39 is 10.9 Å². The van der Waals surface area contributed by atoms with Gasteiger partial charge < -0.3 is 18.8 Å². The lowest BCUT2D eigenvalue weighted by molar-refractivity contribution is 0.375. The molecule has 0 heterocycles. The van der Waals surface area contributed by atoms with E-state index in [2.05, 4.69) is 20.5 Å². The van der Waals surface area contributed by atoms with E-state index in [-0.39, 0.29) is 16.3 Å². The van der Waals surface area contributed by atoms with Gasteiger partial charge in [-0.1, -0.05) is 53.6 Å². The number of hydrogen-bond donors (Lipinski definition) is 4. The highest BCUT2D eigenvalue weighted by Crippen LogP contribution is 2.54. The standard InChI is InChI=1S/C28H24N4O4S/c1-17-8-10-19-16-26(37(34,35)36)27(28(33)22(19)14-17)32-31-25-13-12-24(21-11-9-18(2)15-23(21)25)30-29-20-6-4-3-5-7-20/h3-16,33-36H,1-2H3. The second-order valence-electron chi connectivity index (χ2n) is 8.70. The maximum Gasteiger partial charge on any atom is 0.152 e. The highest BCUT2D eigenvalue weighted by Gasteiger charge is 2.25. The van der Waals surface area contributed by atoms with Gasteiger partial charge in [0.05, 0.1) is 22.0 Å². The molecule has 0 amide bonds. The molecule has 0 saturated carbocycles. The zero-order chi connectivity index (χ0) is 26.2. The Balaban J connectivity index is 1.64. The van der Waals surface area contributed by atoms with E-state index >= 15 is 0 Å². The Morgan fingerprint density at radius 3 is 1.92 bits per heavy atom. The molecule has 0 aromatic heterocycles. The van der Waals surface area contributed by atoms with Crippen molar-refractivity contribution < 1.29 is 18.8 Å². The van der Waals surface area contributed by atoms with Crippen LogP contribution in [0.1, 0.15) is 11.1 Å². The molecule has 0 aliphatic carbocycles. The van der Waals surface area contributed by atoms with Crippen molar-refractivity contribution in [3.8, 4) is 5.75 Å². The molecule has 0 atom stereocenters. The predicted molar refractivity (Wildman–Crippen MR) is 148 cm³/mol. The number of benzene rings is 5. The zero-order valence-electron chi connectivity index (χ0n) is 20.1. The number of phenolic OH excluding ortho intramolecular Hbond substituents is 1. The van der Waals surface area contributed by atoms with Gasteiger partial charge in [-0.2, -0.15) is 5.11 Å². The fourth-order valence-electron chi connectivity index (χ4n) is 4.08. The smallest absolute Gasteiger partial charge is 0.152 e. The van der Waals surface area contributed by atoms with Crippen molar-refractivity contribution in [3.05, 3.63) is 96.1 Å². The summed E-state index contributed by atoms with van der Waals surface area (Å²) in [6.07, 6.45) is 0. The molecule has 0 bridgehead atoms. The van der Waals surface area contributed by atoms with Crippen LogP contribution in [-0.2, 0) is 0 Å². The largest absolute Gasteiger partial charge is 0.505 e. The SMILES string of the molecule is Cc1ccc2cc(S(O)(O)O)c(N=Nc3ccc(N=Nc4ccccc4)c4ccc(C)cc34)c(O)c2c1. The lowest BCUT2D eigenvalue weighted by Gasteiger charge is -2.22. The molecule has 0 aliphatic rings. The van der Waals surface area contributed by atoms with Crippen LogP contribution >= 0.6 is 10.9 Å². The van der Waals surface area contributed by atoms with Crippen LogP contribution in [0.3, 0.4) is 0 Å². The highest BCUT2D eigenvalue weighted by molar-refractivity contribution is 8.19. The molecule has 5 aromatic carbocycles. The minimum absolute atomic E-state index is 0.214. The summed E-state index contributed by atoms with van der Waals surface area (Å²) in [5, 5.41) is 30.8. The summed E-state index contributed by atoms with van der Waals surface area (Å²) in [6, 6.07) is 25.4. The molecule has 0 saturated heterocycles. The van der Waals surface area contributed by atoms with Gasteiger partial charge in [-0.05, 0) is 61.7 Å².